The van der Waals surface area contributed by atoms with Gasteiger partial charge in [0.15, 0.2) is 0 Å². The topological polar surface area (TPSA) is 58.9 Å². The molecule has 0 radical (unpaired) electrons. The highest BCUT2D eigenvalue weighted by Crippen LogP contribution is 2.38. The molecular formula is C11H16O4. The van der Waals surface area contributed by atoms with E-state index in [9.17, 15) is 10.2 Å². The molecule has 0 aliphatic heterocycles. The highest BCUT2D eigenvalue weighted by molar-refractivity contribution is 5.51. The van der Waals surface area contributed by atoms with Crippen LogP contribution in [0.2, 0.25) is 0 Å². The van der Waals surface area contributed by atoms with Gasteiger partial charge in [-0.15, -0.1) is 0 Å². The number of hydrogen-bond donors (Lipinski definition) is 2. The summed E-state index contributed by atoms with van der Waals surface area (Å²) in [6.45, 7) is 1.86. The Bertz CT molecular complexity index is 310. The summed E-state index contributed by atoms with van der Waals surface area (Å²) < 4.78 is 10.2. The van der Waals surface area contributed by atoms with Crippen molar-refractivity contribution in [2.75, 3.05) is 14.2 Å². The minimum absolute atomic E-state index is 0.0516. The quantitative estimate of drug-likeness (QED) is 0.799. The van der Waals surface area contributed by atoms with Gasteiger partial charge in [-0.2, -0.15) is 0 Å². The van der Waals surface area contributed by atoms with Crippen LogP contribution in [0.25, 0.3) is 0 Å². The average molecular weight is 212 g/mol. The number of aromatic hydroxyl groups is 1. The SMILES string of the molecule is CCC(O)c1c(OC)cc(O)cc1OC. The second-order valence-electron chi connectivity index (χ2n) is 3.19. The van der Waals surface area contributed by atoms with Gasteiger partial charge in [-0.1, -0.05) is 6.92 Å². The Morgan fingerprint density at radius 3 is 2.00 bits per heavy atom. The number of aliphatic hydroxyl groups is 1. The first-order valence-electron chi connectivity index (χ1n) is 4.77. The zero-order chi connectivity index (χ0) is 11.4. The highest BCUT2D eigenvalue weighted by Gasteiger charge is 2.18. The van der Waals surface area contributed by atoms with Gasteiger partial charge in [-0.3, -0.25) is 0 Å². The lowest BCUT2D eigenvalue weighted by Crippen LogP contribution is -2.02. The van der Waals surface area contributed by atoms with E-state index in [1.54, 1.807) is 0 Å². The van der Waals surface area contributed by atoms with Gasteiger partial charge < -0.3 is 19.7 Å². The Morgan fingerprint density at radius 2 is 1.67 bits per heavy atom. The number of benzene rings is 1. The minimum atomic E-state index is -0.657. The van der Waals surface area contributed by atoms with Gasteiger partial charge in [0.2, 0.25) is 0 Å². The van der Waals surface area contributed by atoms with E-state index < -0.39 is 6.10 Å². The second-order valence-corrected chi connectivity index (χ2v) is 3.19. The molecule has 4 heteroatoms. The summed E-state index contributed by atoms with van der Waals surface area (Å²) >= 11 is 0. The molecule has 0 saturated heterocycles. The summed E-state index contributed by atoms with van der Waals surface area (Å²) in [5.41, 5.74) is 0.570. The molecule has 1 aromatic carbocycles. The van der Waals surface area contributed by atoms with Crippen molar-refractivity contribution in [2.45, 2.75) is 19.4 Å². The third-order valence-electron chi connectivity index (χ3n) is 2.25. The maximum absolute atomic E-state index is 9.80. The highest BCUT2D eigenvalue weighted by atomic mass is 16.5. The van der Waals surface area contributed by atoms with Gasteiger partial charge in [0.05, 0.1) is 25.9 Å². The number of ether oxygens (including phenoxy) is 2. The number of phenols is 1. The standard InChI is InChI=1S/C11H16O4/c1-4-8(13)11-9(14-2)5-7(12)6-10(11)15-3/h5-6,8,12-13H,4H2,1-3H3. The number of rotatable bonds is 4. The van der Waals surface area contributed by atoms with E-state index in [2.05, 4.69) is 0 Å². The molecule has 0 saturated carbocycles. The zero-order valence-electron chi connectivity index (χ0n) is 9.15. The largest absolute Gasteiger partial charge is 0.508 e. The maximum atomic E-state index is 9.80. The van der Waals surface area contributed by atoms with E-state index in [4.69, 9.17) is 9.47 Å². The Labute approximate surface area is 89.1 Å². The molecule has 4 nitrogen and oxygen atoms in total. The molecule has 0 aliphatic carbocycles. The molecule has 15 heavy (non-hydrogen) atoms. The van der Waals surface area contributed by atoms with E-state index in [1.165, 1.54) is 26.4 Å². The molecule has 0 amide bonds. The molecule has 1 unspecified atom stereocenters. The molecule has 0 aromatic heterocycles. The van der Waals surface area contributed by atoms with Crippen molar-refractivity contribution in [3.05, 3.63) is 17.7 Å². The minimum Gasteiger partial charge on any atom is -0.508 e. The van der Waals surface area contributed by atoms with Crippen LogP contribution in [0.5, 0.6) is 17.2 Å². The van der Waals surface area contributed by atoms with Crippen molar-refractivity contribution in [1.82, 2.24) is 0 Å². The van der Waals surface area contributed by atoms with Crippen LogP contribution < -0.4 is 9.47 Å². The molecule has 0 heterocycles. The summed E-state index contributed by atoms with van der Waals surface area (Å²) in [4.78, 5) is 0. The molecule has 1 aromatic rings. The van der Waals surface area contributed by atoms with Crippen molar-refractivity contribution in [2.24, 2.45) is 0 Å². The van der Waals surface area contributed by atoms with Crippen LogP contribution >= 0.6 is 0 Å². The predicted octanol–water partition coefficient (Wildman–Crippen LogP) is 1.85. The Balaban J connectivity index is 3.30. The van der Waals surface area contributed by atoms with Gasteiger partial charge in [0, 0.05) is 12.1 Å². The maximum Gasteiger partial charge on any atom is 0.132 e. The molecule has 0 aliphatic rings. The van der Waals surface area contributed by atoms with Crippen LogP contribution in [0, 0.1) is 0 Å². The third kappa shape index (κ3) is 2.33. The monoisotopic (exact) mass is 212 g/mol. The van der Waals surface area contributed by atoms with Gasteiger partial charge in [0.1, 0.15) is 17.2 Å². The first-order chi connectivity index (χ1) is 7.13. The summed E-state index contributed by atoms with van der Waals surface area (Å²) in [5.74, 6) is 0.915. The molecule has 1 atom stereocenters. The molecule has 0 spiro atoms. The van der Waals surface area contributed by atoms with E-state index in [0.29, 0.717) is 23.5 Å². The fraction of sp³-hybridized carbons (Fsp3) is 0.455. The van der Waals surface area contributed by atoms with E-state index in [1.807, 2.05) is 6.92 Å². The number of hydrogen-bond acceptors (Lipinski definition) is 4. The van der Waals surface area contributed by atoms with Gasteiger partial charge in [-0.25, -0.2) is 0 Å². The fourth-order valence-corrected chi connectivity index (χ4v) is 1.46. The molecule has 1 rings (SSSR count). The lowest BCUT2D eigenvalue weighted by molar-refractivity contribution is 0.164. The molecule has 84 valence electrons. The van der Waals surface area contributed by atoms with E-state index >= 15 is 0 Å². The number of methoxy groups -OCH3 is 2. The van der Waals surface area contributed by atoms with Crippen LogP contribution in [0.15, 0.2) is 12.1 Å². The summed E-state index contributed by atoms with van der Waals surface area (Å²) in [5, 5.41) is 19.2. The van der Waals surface area contributed by atoms with E-state index in [0.717, 1.165) is 0 Å². The first kappa shape index (κ1) is 11.7. The fourth-order valence-electron chi connectivity index (χ4n) is 1.46. The molecule has 2 N–H and O–H groups in total. The summed E-state index contributed by atoms with van der Waals surface area (Å²) in [6, 6.07) is 2.91. The normalized spacial score (nSPS) is 12.3. The van der Waals surface area contributed by atoms with Crippen molar-refractivity contribution in [1.29, 1.82) is 0 Å². The Morgan fingerprint density at radius 1 is 1.20 bits per heavy atom. The summed E-state index contributed by atoms with van der Waals surface area (Å²) in [6.07, 6.45) is -0.104. The third-order valence-corrected chi connectivity index (χ3v) is 2.25. The van der Waals surface area contributed by atoms with Crippen molar-refractivity contribution >= 4 is 0 Å². The van der Waals surface area contributed by atoms with Crippen LogP contribution in [-0.2, 0) is 0 Å². The van der Waals surface area contributed by atoms with Crippen molar-refractivity contribution in [3.8, 4) is 17.2 Å². The average Bonchev–Trinajstić information content (AvgIpc) is 2.26. The Hall–Kier alpha value is -1.42. The lowest BCUT2D eigenvalue weighted by atomic mass is 10.0. The zero-order valence-corrected chi connectivity index (χ0v) is 9.15. The van der Waals surface area contributed by atoms with Gasteiger partial charge >= 0.3 is 0 Å². The summed E-state index contributed by atoms with van der Waals surface area (Å²) in [7, 11) is 2.97. The predicted molar refractivity (Wildman–Crippen MR) is 56.5 cm³/mol. The second kappa shape index (κ2) is 4.89. The lowest BCUT2D eigenvalue weighted by Gasteiger charge is -2.17. The van der Waals surface area contributed by atoms with Gasteiger partial charge in [-0.05, 0) is 6.42 Å². The van der Waals surface area contributed by atoms with Crippen LogP contribution in [0.4, 0.5) is 0 Å². The number of aliphatic hydroxyl groups excluding tert-OH is 1. The molecule has 0 fully saturated rings. The van der Waals surface area contributed by atoms with E-state index in [-0.39, 0.29) is 5.75 Å². The first-order valence-corrected chi connectivity index (χ1v) is 4.77. The van der Waals surface area contributed by atoms with Gasteiger partial charge in [0.25, 0.3) is 0 Å². The number of phenolic OH excluding ortho intramolecular Hbond substituents is 1. The molecular weight excluding hydrogens is 196 g/mol. The Kier molecular flexibility index (Phi) is 3.80. The van der Waals surface area contributed by atoms with Crippen molar-refractivity contribution in [3.63, 3.8) is 0 Å². The van der Waals surface area contributed by atoms with Crippen LogP contribution in [0.1, 0.15) is 25.0 Å². The van der Waals surface area contributed by atoms with Crippen molar-refractivity contribution < 1.29 is 19.7 Å². The smallest absolute Gasteiger partial charge is 0.132 e. The molecule has 0 bridgehead atoms. The van der Waals surface area contributed by atoms with Crippen LogP contribution in [0.3, 0.4) is 0 Å². The van der Waals surface area contributed by atoms with Crippen LogP contribution in [-0.4, -0.2) is 24.4 Å².